The highest BCUT2D eigenvalue weighted by Crippen LogP contribution is 2.27. The van der Waals surface area contributed by atoms with Crippen molar-refractivity contribution in [2.45, 2.75) is 13.3 Å². The van der Waals surface area contributed by atoms with Crippen LogP contribution in [0.5, 0.6) is 5.75 Å². The fourth-order valence-electron chi connectivity index (χ4n) is 1.35. The first-order valence-electron chi connectivity index (χ1n) is 4.74. The van der Waals surface area contributed by atoms with Crippen LogP contribution in [-0.4, -0.2) is 24.6 Å². The zero-order chi connectivity index (χ0) is 11.3. The Morgan fingerprint density at radius 2 is 2.27 bits per heavy atom. The zero-order valence-corrected chi connectivity index (χ0v) is 10.1. The Morgan fingerprint density at radius 3 is 2.80 bits per heavy atom. The number of aryl methyl sites for hydroxylation is 1. The number of rotatable bonds is 5. The van der Waals surface area contributed by atoms with E-state index in [1.165, 1.54) is 0 Å². The highest BCUT2D eigenvalue weighted by atomic mass is 79.9. The molecule has 82 valence electrons. The Hall–Kier alpha value is -0.870. The van der Waals surface area contributed by atoms with Crippen molar-refractivity contribution in [2.24, 2.45) is 0 Å². The summed E-state index contributed by atoms with van der Waals surface area (Å²) in [6.45, 7) is 2.13. The smallest absolute Gasteiger partial charge is 0.153 e. The Balaban J connectivity index is 3.12. The minimum Gasteiger partial charge on any atom is -0.490 e. The number of aliphatic hydroxyl groups is 1. The first-order valence-corrected chi connectivity index (χ1v) is 5.53. The van der Waals surface area contributed by atoms with E-state index in [2.05, 4.69) is 15.9 Å². The third-order valence-corrected chi connectivity index (χ3v) is 2.46. The zero-order valence-electron chi connectivity index (χ0n) is 8.50. The molecule has 1 aromatic carbocycles. The van der Waals surface area contributed by atoms with Crippen molar-refractivity contribution in [2.75, 3.05) is 13.2 Å². The van der Waals surface area contributed by atoms with Gasteiger partial charge in [-0.2, -0.15) is 0 Å². The Morgan fingerprint density at radius 1 is 1.53 bits per heavy atom. The summed E-state index contributed by atoms with van der Waals surface area (Å²) < 4.78 is 6.21. The van der Waals surface area contributed by atoms with Crippen molar-refractivity contribution < 1.29 is 14.6 Å². The molecule has 0 aliphatic rings. The molecule has 0 aliphatic heterocycles. The van der Waals surface area contributed by atoms with E-state index >= 15 is 0 Å². The molecule has 0 saturated carbocycles. The number of aldehydes is 1. The van der Waals surface area contributed by atoms with Crippen molar-refractivity contribution in [3.63, 3.8) is 0 Å². The van der Waals surface area contributed by atoms with Crippen molar-refractivity contribution >= 4 is 22.2 Å². The van der Waals surface area contributed by atoms with E-state index in [4.69, 9.17) is 9.84 Å². The second-order valence-electron chi connectivity index (χ2n) is 3.03. The molecule has 3 nitrogen and oxygen atoms in total. The third-order valence-electron chi connectivity index (χ3n) is 2.00. The fourth-order valence-corrected chi connectivity index (χ4v) is 1.87. The molecule has 0 unspecified atom stereocenters. The minimum absolute atomic E-state index is 0.0580. The summed E-state index contributed by atoms with van der Waals surface area (Å²) in [5.41, 5.74) is 1.47. The first-order chi connectivity index (χ1) is 7.22. The number of aliphatic hydroxyl groups excluding tert-OH is 1. The number of carbonyl (C=O) groups is 1. The van der Waals surface area contributed by atoms with E-state index in [9.17, 15) is 4.79 Å². The summed E-state index contributed by atoms with van der Waals surface area (Å²) >= 11 is 3.33. The summed E-state index contributed by atoms with van der Waals surface area (Å²) in [6, 6.07) is 3.62. The lowest BCUT2D eigenvalue weighted by molar-refractivity contribution is 0.111. The molecule has 0 atom stereocenters. The standard InChI is InChI=1S/C11H13BrO3/c1-2-8-5-10(12)6-9(7-14)11(8)15-4-3-13/h5-7,13H,2-4H2,1H3. The molecule has 1 rings (SSSR count). The van der Waals surface area contributed by atoms with Crippen LogP contribution in [0.25, 0.3) is 0 Å². The third kappa shape index (κ3) is 3.04. The molecule has 1 N–H and O–H groups in total. The molecule has 4 heteroatoms. The highest BCUT2D eigenvalue weighted by Gasteiger charge is 2.09. The second kappa shape index (κ2) is 5.88. The van der Waals surface area contributed by atoms with Crippen LogP contribution in [0.2, 0.25) is 0 Å². The monoisotopic (exact) mass is 272 g/mol. The van der Waals surface area contributed by atoms with Gasteiger partial charge in [0.1, 0.15) is 12.4 Å². The maximum Gasteiger partial charge on any atom is 0.153 e. The average Bonchev–Trinajstić information content (AvgIpc) is 2.26. The predicted octanol–water partition coefficient (Wildman–Crippen LogP) is 2.20. The number of hydrogen-bond donors (Lipinski definition) is 1. The van der Waals surface area contributed by atoms with Crippen LogP contribution in [-0.2, 0) is 6.42 Å². The van der Waals surface area contributed by atoms with Gasteiger partial charge in [0.15, 0.2) is 6.29 Å². The van der Waals surface area contributed by atoms with Crippen LogP contribution in [0.1, 0.15) is 22.8 Å². The van der Waals surface area contributed by atoms with Gasteiger partial charge in [-0.15, -0.1) is 0 Å². The van der Waals surface area contributed by atoms with Gasteiger partial charge < -0.3 is 9.84 Å². The van der Waals surface area contributed by atoms with Gasteiger partial charge >= 0.3 is 0 Å². The lowest BCUT2D eigenvalue weighted by atomic mass is 10.1. The normalized spacial score (nSPS) is 10.1. The number of carbonyl (C=O) groups excluding carboxylic acids is 1. The van der Waals surface area contributed by atoms with Gasteiger partial charge in [0.25, 0.3) is 0 Å². The summed E-state index contributed by atoms with van der Waals surface area (Å²) in [7, 11) is 0. The van der Waals surface area contributed by atoms with Gasteiger partial charge in [0.2, 0.25) is 0 Å². The fraction of sp³-hybridized carbons (Fsp3) is 0.364. The summed E-state index contributed by atoms with van der Waals surface area (Å²) in [5, 5.41) is 8.69. The summed E-state index contributed by atoms with van der Waals surface area (Å²) in [4.78, 5) is 10.8. The van der Waals surface area contributed by atoms with E-state index in [1.807, 2.05) is 13.0 Å². The van der Waals surface area contributed by atoms with Gasteiger partial charge in [-0.25, -0.2) is 0 Å². The Labute approximate surface area is 97.2 Å². The molecule has 0 heterocycles. The van der Waals surface area contributed by atoms with E-state index in [0.717, 1.165) is 22.7 Å². The molecule has 15 heavy (non-hydrogen) atoms. The molecular formula is C11H13BrO3. The molecule has 0 spiro atoms. The van der Waals surface area contributed by atoms with Gasteiger partial charge in [-0.05, 0) is 24.1 Å². The molecule has 1 aromatic rings. The Kier molecular flexibility index (Phi) is 4.78. The molecule has 0 fully saturated rings. The van der Waals surface area contributed by atoms with Crippen LogP contribution >= 0.6 is 15.9 Å². The van der Waals surface area contributed by atoms with Crippen molar-refractivity contribution in [3.05, 3.63) is 27.7 Å². The maximum absolute atomic E-state index is 10.8. The quantitative estimate of drug-likeness (QED) is 0.836. The maximum atomic E-state index is 10.8. The molecule has 0 aliphatic carbocycles. The summed E-state index contributed by atoms with van der Waals surface area (Å²) in [5.74, 6) is 0.574. The minimum atomic E-state index is -0.0580. The first kappa shape index (κ1) is 12.2. The summed E-state index contributed by atoms with van der Waals surface area (Å²) in [6.07, 6.45) is 1.54. The lowest BCUT2D eigenvalue weighted by Gasteiger charge is -2.12. The average molecular weight is 273 g/mol. The van der Waals surface area contributed by atoms with Gasteiger partial charge in [-0.3, -0.25) is 4.79 Å². The lowest BCUT2D eigenvalue weighted by Crippen LogP contribution is -2.06. The largest absolute Gasteiger partial charge is 0.490 e. The number of benzene rings is 1. The molecule has 0 saturated heterocycles. The predicted molar refractivity (Wildman–Crippen MR) is 61.5 cm³/mol. The SMILES string of the molecule is CCc1cc(Br)cc(C=O)c1OCCO. The number of hydrogen-bond acceptors (Lipinski definition) is 3. The molecule has 0 bridgehead atoms. The van der Waals surface area contributed by atoms with E-state index in [0.29, 0.717) is 11.3 Å². The van der Waals surface area contributed by atoms with Crippen molar-refractivity contribution in [1.29, 1.82) is 0 Å². The van der Waals surface area contributed by atoms with Crippen LogP contribution in [0.3, 0.4) is 0 Å². The van der Waals surface area contributed by atoms with Crippen molar-refractivity contribution in [3.8, 4) is 5.75 Å². The number of halogens is 1. The Bertz CT molecular complexity index is 350. The topological polar surface area (TPSA) is 46.5 Å². The van der Waals surface area contributed by atoms with Crippen LogP contribution in [0.15, 0.2) is 16.6 Å². The van der Waals surface area contributed by atoms with Crippen LogP contribution in [0.4, 0.5) is 0 Å². The highest BCUT2D eigenvalue weighted by molar-refractivity contribution is 9.10. The van der Waals surface area contributed by atoms with E-state index in [-0.39, 0.29) is 13.2 Å². The molecule has 0 amide bonds. The van der Waals surface area contributed by atoms with Gasteiger partial charge in [0.05, 0.1) is 12.2 Å². The van der Waals surface area contributed by atoms with E-state index < -0.39 is 0 Å². The molecular weight excluding hydrogens is 260 g/mol. The van der Waals surface area contributed by atoms with Gasteiger partial charge in [-0.1, -0.05) is 22.9 Å². The van der Waals surface area contributed by atoms with Crippen LogP contribution < -0.4 is 4.74 Å². The second-order valence-corrected chi connectivity index (χ2v) is 3.94. The molecule has 0 radical (unpaired) electrons. The number of ether oxygens (including phenoxy) is 1. The van der Waals surface area contributed by atoms with Crippen molar-refractivity contribution in [1.82, 2.24) is 0 Å². The molecule has 0 aromatic heterocycles. The van der Waals surface area contributed by atoms with Gasteiger partial charge in [0, 0.05) is 4.47 Å². The van der Waals surface area contributed by atoms with E-state index in [1.54, 1.807) is 6.07 Å². The van der Waals surface area contributed by atoms with Crippen LogP contribution in [0, 0.1) is 0 Å².